The maximum atomic E-state index is 11.1. The van der Waals surface area contributed by atoms with E-state index in [1.165, 1.54) is 11.1 Å². The van der Waals surface area contributed by atoms with E-state index in [2.05, 4.69) is 36.0 Å². The fourth-order valence-electron chi connectivity index (χ4n) is 5.06. The molecule has 4 aromatic heterocycles. The van der Waals surface area contributed by atoms with Crippen LogP contribution in [-0.4, -0.2) is 91.4 Å². The molecule has 5 aromatic rings. The Morgan fingerprint density at radius 3 is 2.55 bits per heavy atom. The van der Waals surface area contributed by atoms with E-state index in [-0.39, 0.29) is 24.5 Å². The summed E-state index contributed by atoms with van der Waals surface area (Å²) in [5.41, 5.74) is 2.73. The maximum Gasteiger partial charge on any atom is 0.226 e. The maximum absolute atomic E-state index is 11.1. The molecule has 230 valence electrons. The third-order valence-corrected chi connectivity index (χ3v) is 7.37. The summed E-state index contributed by atoms with van der Waals surface area (Å²) in [6.07, 6.45) is -0.300. The second-order valence-electron chi connectivity index (χ2n) is 10.9. The summed E-state index contributed by atoms with van der Waals surface area (Å²) in [5.74, 6) is 0.869. The first-order valence-corrected chi connectivity index (χ1v) is 14.5. The molecule has 0 bridgehead atoms. The van der Waals surface area contributed by atoms with Crippen molar-refractivity contribution in [3.8, 4) is 0 Å². The van der Waals surface area contributed by atoms with Gasteiger partial charge in [0.25, 0.3) is 0 Å². The van der Waals surface area contributed by atoms with Gasteiger partial charge in [-0.25, -0.2) is 4.98 Å². The number of hydrogen-bond donors (Lipinski definition) is 5. The first-order valence-electron chi connectivity index (χ1n) is 14.5. The van der Waals surface area contributed by atoms with Crippen molar-refractivity contribution in [1.82, 2.24) is 44.7 Å². The lowest BCUT2D eigenvalue weighted by atomic mass is 10.1. The van der Waals surface area contributed by atoms with E-state index < -0.39 is 24.5 Å². The van der Waals surface area contributed by atoms with Crippen molar-refractivity contribution in [3.63, 3.8) is 0 Å². The SMILES string of the molecule is CC(C)n1nnc([C@H]2O[C@@H](n3cnc4c(N[C@H](CO)Cc5ccccc5)nc(NCCc5ccccn5)nc43)[C@H](O)[C@@H]2O)n1. The van der Waals surface area contributed by atoms with Crippen LogP contribution in [0.5, 0.6) is 0 Å². The van der Waals surface area contributed by atoms with E-state index in [0.29, 0.717) is 42.3 Å². The number of ether oxygens (including phenoxy) is 1. The molecular weight excluding hydrogens is 566 g/mol. The number of fused-ring (bicyclic) bond motifs is 1. The molecule has 5 N–H and O–H groups in total. The Morgan fingerprint density at radius 2 is 1.82 bits per heavy atom. The molecule has 0 saturated carbocycles. The highest BCUT2D eigenvalue weighted by Crippen LogP contribution is 2.39. The van der Waals surface area contributed by atoms with Gasteiger partial charge in [-0.05, 0) is 43.2 Å². The highest BCUT2D eigenvalue weighted by Gasteiger charge is 2.47. The molecule has 1 aliphatic rings. The Hall–Kier alpha value is -4.57. The first kappa shape index (κ1) is 29.5. The van der Waals surface area contributed by atoms with E-state index >= 15 is 0 Å². The summed E-state index contributed by atoms with van der Waals surface area (Å²) >= 11 is 0. The highest BCUT2D eigenvalue weighted by molar-refractivity contribution is 5.84. The molecule has 6 rings (SSSR count). The minimum Gasteiger partial charge on any atom is -0.394 e. The number of imidazole rings is 1. The molecule has 1 aliphatic heterocycles. The number of rotatable bonds is 12. The van der Waals surface area contributed by atoms with Crippen LogP contribution in [-0.2, 0) is 17.6 Å². The third kappa shape index (κ3) is 6.21. The van der Waals surface area contributed by atoms with Gasteiger partial charge in [0.2, 0.25) is 11.8 Å². The van der Waals surface area contributed by atoms with Gasteiger partial charge < -0.3 is 30.7 Å². The van der Waals surface area contributed by atoms with E-state index in [1.54, 1.807) is 10.8 Å². The third-order valence-electron chi connectivity index (χ3n) is 7.37. The van der Waals surface area contributed by atoms with Crippen molar-refractivity contribution in [1.29, 1.82) is 0 Å². The van der Waals surface area contributed by atoms with Gasteiger partial charge in [-0.15, -0.1) is 10.2 Å². The van der Waals surface area contributed by atoms with Gasteiger partial charge in [-0.3, -0.25) is 9.55 Å². The second kappa shape index (κ2) is 13.0. The lowest BCUT2D eigenvalue weighted by Crippen LogP contribution is -2.29. The molecule has 0 unspecified atom stereocenters. The zero-order chi connectivity index (χ0) is 30.6. The Labute approximate surface area is 253 Å². The summed E-state index contributed by atoms with van der Waals surface area (Å²) in [6, 6.07) is 15.2. The molecule has 44 heavy (non-hydrogen) atoms. The number of aliphatic hydroxyl groups is 3. The minimum atomic E-state index is -1.33. The molecule has 0 radical (unpaired) electrons. The zero-order valence-electron chi connectivity index (χ0n) is 24.3. The molecule has 15 heteroatoms. The van der Waals surface area contributed by atoms with Crippen LogP contribution in [0.3, 0.4) is 0 Å². The number of benzene rings is 1. The smallest absolute Gasteiger partial charge is 0.226 e. The molecule has 1 saturated heterocycles. The van der Waals surface area contributed by atoms with Gasteiger partial charge in [-0.2, -0.15) is 14.8 Å². The molecule has 15 nitrogen and oxygen atoms in total. The number of nitrogens with one attached hydrogen (secondary N) is 2. The van der Waals surface area contributed by atoms with Crippen LogP contribution in [0.2, 0.25) is 0 Å². The largest absolute Gasteiger partial charge is 0.394 e. The standard InChI is InChI=1S/C29H35N11O4/c1-17(2)40-37-26(36-38-40)24-22(42)23(43)28(44-24)39-16-32-21-25(33-20(15-41)14-18-8-4-3-5-9-18)34-29(35-27(21)39)31-13-11-19-10-6-7-12-30-19/h3-10,12,16-17,20,22-24,28,41-43H,11,13-15H2,1-2H3,(H2,31,33,34,35)/t20-,22-,23+,24-,28+/m0/s1. The molecular formula is C29H35N11O4. The van der Waals surface area contributed by atoms with Crippen LogP contribution in [0.15, 0.2) is 61.1 Å². The predicted molar refractivity (Wildman–Crippen MR) is 159 cm³/mol. The predicted octanol–water partition coefficient (Wildman–Crippen LogP) is 1.45. The number of anilines is 2. The number of aromatic nitrogens is 9. The molecule has 1 fully saturated rings. The summed E-state index contributed by atoms with van der Waals surface area (Å²) in [5, 5.41) is 51.1. The number of aliphatic hydroxyl groups excluding tert-OH is 3. The van der Waals surface area contributed by atoms with E-state index in [0.717, 1.165) is 11.3 Å². The number of hydrogen-bond acceptors (Lipinski definition) is 13. The molecule has 0 amide bonds. The fraction of sp³-hybridized carbons (Fsp3) is 0.414. The fourth-order valence-corrected chi connectivity index (χ4v) is 5.06. The van der Waals surface area contributed by atoms with Gasteiger partial charge >= 0.3 is 0 Å². The van der Waals surface area contributed by atoms with Crippen molar-refractivity contribution in [2.24, 2.45) is 0 Å². The molecule has 5 atom stereocenters. The van der Waals surface area contributed by atoms with Crippen LogP contribution >= 0.6 is 0 Å². The normalized spacial score (nSPS) is 20.8. The van der Waals surface area contributed by atoms with Gasteiger partial charge in [0.05, 0.1) is 25.0 Å². The van der Waals surface area contributed by atoms with Crippen LogP contribution in [0.4, 0.5) is 11.8 Å². The van der Waals surface area contributed by atoms with Crippen LogP contribution in [0.25, 0.3) is 11.2 Å². The minimum absolute atomic E-state index is 0.0380. The highest BCUT2D eigenvalue weighted by atomic mass is 16.6. The van der Waals surface area contributed by atoms with Crippen molar-refractivity contribution < 1.29 is 20.1 Å². The molecule has 0 spiro atoms. The lowest BCUT2D eigenvalue weighted by molar-refractivity contribution is -0.0384. The summed E-state index contributed by atoms with van der Waals surface area (Å²) in [4.78, 5) is 19.7. The van der Waals surface area contributed by atoms with Crippen LogP contribution < -0.4 is 10.6 Å². The van der Waals surface area contributed by atoms with E-state index in [4.69, 9.17) is 14.7 Å². The second-order valence-corrected chi connectivity index (χ2v) is 10.9. The average Bonchev–Trinajstić information content (AvgIpc) is 3.76. The van der Waals surface area contributed by atoms with Crippen molar-refractivity contribution >= 4 is 22.9 Å². The number of pyridine rings is 1. The molecule has 0 aliphatic carbocycles. The van der Waals surface area contributed by atoms with E-state index in [1.807, 2.05) is 62.4 Å². The van der Waals surface area contributed by atoms with Gasteiger partial charge in [0.1, 0.15) is 12.2 Å². The van der Waals surface area contributed by atoms with Crippen molar-refractivity contribution in [2.45, 2.75) is 63.3 Å². The van der Waals surface area contributed by atoms with Crippen LogP contribution in [0, 0.1) is 0 Å². The van der Waals surface area contributed by atoms with Gasteiger partial charge in [0.15, 0.2) is 29.3 Å². The Morgan fingerprint density at radius 1 is 1.00 bits per heavy atom. The Kier molecular flexibility index (Phi) is 8.70. The van der Waals surface area contributed by atoms with Crippen molar-refractivity contribution in [2.75, 3.05) is 23.8 Å². The summed E-state index contributed by atoms with van der Waals surface area (Å²) in [6.45, 7) is 4.17. The van der Waals surface area contributed by atoms with E-state index in [9.17, 15) is 15.3 Å². The molecule has 1 aromatic carbocycles. The average molecular weight is 602 g/mol. The summed E-state index contributed by atoms with van der Waals surface area (Å²) < 4.78 is 7.67. The zero-order valence-corrected chi connectivity index (χ0v) is 24.3. The van der Waals surface area contributed by atoms with Gasteiger partial charge in [0, 0.05) is 24.9 Å². The topological polar surface area (TPSA) is 194 Å². The van der Waals surface area contributed by atoms with Gasteiger partial charge in [-0.1, -0.05) is 36.4 Å². The quantitative estimate of drug-likeness (QED) is 0.138. The monoisotopic (exact) mass is 601 g/mol. The molecule has 5 heterocycles. The van der Waals surface area contributed by atoms with Crippen LogP contribution in [0.1, 0.15) is 49.3 Å². The lowest BCUT2D eigenvalue weighted by Gasteiger charge is -2.19. The Balaban J connectivity index is 1.31. The summed E-state index contributed by atoms with van der Waals surface area (Å²) in [7, 11) is 0. The number of nitrogens with zero attached hydrogens (tertiary/aromatic N) is 9. The Bertz CT molecular complexity index is 1660. The number of tetrazole rings is 1. The first-order chi connectivity index (χ1) is 21.4. The van der Waals surface area contributed by atoms with Crippen molar-refractivity contribution in [3.05, 3.63) is 78.1 Å².